The minimum absolute atomic E-state index is 0.117. The molecule has 0 rings (SSSR count). The van der Waals surface area contributed by atoms with E-state index in [9.17, 15) is 19.8 Å². The third kappa shape index (κ3) is 4.48. The van der Waals surface area contributed by atoms with Crippen molar-refractivity contribution in [2.45, 2.75) is 74.7 Å². The largest absolute Gasteiger partial charge is 0.481 e. The number of carboxylic acid groups (broad SMARTS) is 2. The van der Waals surface area contributed by atoms with Crippen LogP contribution in [0.25, 0.3) is 0 Å². The molecule has 0 aromatic carbocycles. The molecule has 0 radical (unpaired) electrons. The Balaban J connectivity index is 6.59. The molecule has 0 aromatic heterocycles. The normalized spacial score (nSPS) is 15.5. The van der Waals surface area contributed by atoms with E-state index in [2.05, 4.69) is 0 Å². The lowest BCUT2D eigenvalue weighted by atomic mass is 9.50. The Labute approximate surface area is 141 Å². The van der Waals surface area contributed by atoms with Crippen molar-refractivity contribution in [2.24, 2.45) is 34.5 Å². The van der Waals surface area contributed by atoms with Crippen molar-refractivity contribution in [1.29, 1.82) is 0 Å². The van der Waals surface area contributed by atoms with Gasteiger partial charge in [-0.1, -0.05) is 55.4 Å². The Hall–Kier alpha value is -1.06. The van der Waals surface area contributed by atoms with Gasteiger partial charge in [-0.2, -0.15) is 0 Å². The van der Waals surface area contributed by atoms with Crippen LogP contribution in [0.1, 0.15) is 74.7 Å². The molecule has 0 heterocycles. The number of rotatable bonds is 10. The zero-order valence-corrected chi connectivity index (χ0v) is 16.1. The van der Waals surface area contributed by atoms with Gasteiger partial charge in [0.05, 0.1) is 10.8 Å². The number of hydrogen-bond acceptors (Lipinski definition) is 2. The van der Waals surface area contributed by atoms with Gasteiger partial charge in [0.15, 0.2) is 0 Å². The highest BCUT2D eigenvalue weighted by molar-refractivity contribution is 5.87. The fourth-order valence-corrected chi connectivity index (χ4v) is 4.37. The van der Waals surface area contributed by atoms with Crippen LogP contribution >= 0.6 is 0 Å². The number of carboxylic acids is 2. The Morgan fingerprint density at radius 1 is 0.696 bits per heavy atom. The second kappa shape index (κ2) is 8.16. The standard InChI is InChI=1S/C19H36O4/c1-12(2)9-18(16(20)21,10-13(3)4)19(15(7)8,17(22)23)11-14(5)6/h12-15H,9-11H2,1-8H3,(H,20,21)(H,22,23). The van der Waals surface area contributed by atoms with E-state index >= 15 is 0 Å². The lowest BCUT2D eigenvalue weighted by molar-refractivity contribution is -0.186. The number of hydrogen-bond donors (Lipinski definition) is 2. The molecule has 4 nitrogen and oxygen atoms in total. The van der Waals surface area contributed by atoms with E-state index in [1.54, 1.807) is 0 Å². The monoisotopic (exact) mass is 328 g/mol. The maximum absolute atomic E-state index is 12.5. The maximum Gasteiger partial charge on any atom is 0.311 e. The summed E-state index contributed by atoms with van der Waals surface area (Å²) in [7, 11) is 0. The zero-order valence-electron chi connectivity index (χ0n) is 16.1. The van der Waals surface area contributed by atoms with Crippen LogP contribution < -0.4 is 0 Å². The first kappa shape index (κ1) is 21.9. The van der Waals surface area contributed by atoms with Gasteiger partial charge in [-0.25, -0.2) is 0 Å². The van der Waals surface area contributed by atoms with Gasteiger partial charge < -0.3 is 10.2 Å². The van der Waals surface area contributed by atoms with Crippen LogP contribution in [-0.2, 0) is 9.59 Å². The number of aliphatic carboxylic acids is 2. The summed E-state index contributed by atoms with van der Waals surface area (Å²) < 4.78 is 0. The predicted octanol–water partition coefficient (Wildman–Crippen LogP) is 4.92. The SMILES string of the molecule is CC(C)CC(CC(C)C)(C(=O)O)C(CC(C)C)(C(=O)O)C(C)C. The first-order valence-corrected chi connectivity index (χ1v) is 8.80. The highest BCUT2D eigenvalue weighted by Gasteiger charge is 2.62. The quantitative estimate of drug-likeness (QED) is 0.596. The second-order valence-corrected chi connectivity index (χ2v) is 8.61. The van der Waals surface area contributed by atoms with Crippen LogP contribution in [0.3, 0.4) is 0 Å². The van der Waals surface area contributed by atoms with Crippen molar-refractivity contribution in [3.8, 4) is 0 Å². The van der Waals surface area contributed by atoms with Crippen LogP contribution in [0.2, 0.25) is 0 Å². The summed E-state index contributed by atoms with van der Waals surface area (Å²) in [5, 5.41) is 20.4. The van der Waals surface area contributed by atoms with Gasteiger partial charge in [-0.3, -0.25) is 9.59 Å². The molecule has 0 aliphatic carbocycles. The molecule has 0 aromatic rings. The summed E-state index contributed by atoms with van der Waals surface area (Å²) in [5.74, 6) is -1.83. The Morgan fingerprint density at radius 3 is 1.22 bits per heavy atom. The lowest BCUT2D eigenvalue weighted by Gasteiger charge is -2.50. The van der Waals surface area contributed by atoms with E-state index in [-0.39, 0.29) is 23.7 Å². The van der Waals surface area contributed by atoms with E-state index in [1.807, 2.05) is 55.4 Å². The molecule has 1 atom stereocenters. The van der Waals surface area contributed by atoms with Crippen molar-refractivity contribution < 1.29 is 19.8 Å². The van der Waals surface area contributed by atoms with Crippen LogP contribution in [-0.4, -0.2) is 22.2 Å². The van der Waals surface area contributed by atoms with Gasteiger partial charge in [0.25, 0.3) is 0 Å². The minimum Gasteiger partial charge on any atom is -0.481 e. The van der Waals surface area contributed by atoms with Crippen molar-refractivity contribution in [3.05, 3.63) is 0 Å². The summed E-state index contributed by atoms with van der Waals surface area (Å²) in [4.78, 5) is 24.9. The number of carbonyl (C=O) groups is 2. The van der Waals surface area contributed by atoms with Gasteiger partial charge in [0, 0.05) is 0 Å². The molecule has 0 bridgehead atoms. The van der Waals surface area contributed by atoms with Crippen LogP contribution in [0.4, 0.5) is 0 Å². The molecular weight excluding hydrogens is 292 g/mol. The van der Waals surface area contributed by atoms with Crippen LogP contribution in [0.5, 0.6) is 0 Å². The van der Waals surface area contributed by atoms with Gasteiger partial charge >= 0.3 is 11.9 Å². The van der Waals surface area contributed by atoms with Gasteiger partial charge in [-0.15, -0.1) is 0 Å². The second-order valence-electron chi connectivity index (χ2n) is 8.61. The highest BCUT2D eigenvalue weighted by atomic mass is 16.4. The zero-order chi connectivity index (χ0) is 18.6. The molecule has 1 unspecified atom stereocenters. The van der Waals surface area contributed by atoms with E-state index in [4.69, 9.17) is 0 Å². The Bertz CT molecular complexity index is 400. The van der Waals surface area contributed by atoms with Crippen LogP contribution in [0.15, 0.2) is 0 Å². The Morgan fingerprint density at radius 2 is 1.04 bits per heavy atom. The highest BCUT2D eigenvalue weighted by Crippen LogP contribution is 2.56. The summed E-state index contributed by atoms with van der Waals surface area (Å²) >= 11 is 0. The molecular formula is C19H36O4. The molecule has 0 saturated carbocycles. The van der Waals surface area contributed by atoms with E-state index in [0.29, 0.717) is 19.3 Å². The average Bonchev–Trinajstić information content (AvgIpc) is 2.32. The molecule has 0 aliphatic heterocycles. The van der Waals surface area contributed by atoms with Gasteiger partial charge in [-0.05, 0) is 42.9 Å². The minimum atomic E-state index is -1.26. The van der Waals surface area contributed by atoms with E-state index in [1.165, 1.54) is 0 Å². The summed E-state index contributed by atoms with van der Waals surface area (Å²) in [5.41, 5.74) is -2.51. The average molecular weight is 328 g/mol. The topological polar surface area (TPSA) is 74.6 Å². The predicted molar refractivity (Wildman–Crippen MR) is 93.3 cm³/mol. The van der Waals surface area contributed by atoms with E-state index < -0.39 is 22.8 Å². The summed E-state index contributed by atoms with van der Waals surface area (Å²) in [6.07, 6.45) is 1.15. The first-order valence-electron chi connectivity index (χ1n) is 8.80. The molecule has 0 spiro atoms. The Kier molecular flexibility index (Phi) is 7.79. The summed E-state index contributed by atoms with van der Waals surface area (Å²) in [6.45, 7) is 15.5. The van der Waals surface area contributed by atoms with Crippen LogP contribution in [0, 0.1) is 34.5 Å². The molecule has 0 fully saturated rings. The van der Waals surface area contributed by atoms with Crippen molar-refractivity contribution in [3.63, 3.8) is 0 Å². The molecule has 136 valence electrons. The van der Waals surface area contributed by atoms with Crippen molar-refractivity contribution in [2.75, 3.05) is 0 Å². The maximum atomic E-state index is 12.5. The molecule has 23 heavy (non-hydrogen) atoms. The fourth-order valence-electron chi connectivity index (χ4n) is 4.37. The van der Waals surface area contributed by atoms with Gasteiger partial charge in [0.2, 0.25) is 0 Å². The molecule has 0 amide bonds. The summed E-state index contributed by atoms with van der Waals surface area (Å²) in [6, 6.07) is 0. The van der Waals surface area contributed by atoms with Gasteiger partial charge in [0.1, 0.15) is 0 Å². The van der Waals surface area contributed by atoms with Crippen molar-refractivity contribution >= 4 is 11.9 Å². The molecule has 4 heteroatoms. The lowest BCUT2D eigenvalue weighted by Crippen LogP contribution is -2.57. The van der Waals surface area contributed by atoms with Crippen molar-refractivity contribution in [1.82, 2.24) is 0 Å². The third-order valence-corrected chi connectivity index (χ3v) is 4.87. The third-order valence-electron chi connectivity index (χ3n) is 4.87. The van der Waals surface area contributed by atoms with E-state index in [0.717, 1.165) is 0 Å². The smallest absolute Gasteiger partial charge is 0.311 e. The fraction of sp³-hybridized carbons (Fsp3) is 0.895. The molecule has 0 saturated heterocycles. The molecule has 0 aliphatic rings. The molecule has 2 N–H and O–H groups in total. The first-order chi connectivity index (χ1) is 10.3.